The number of benzene rings is 2. The zero-order chi connectivity index (χ0) is 18.9. The van der Waals surface area contributed by atoms with E-state index in [4.69, 9.17) is 23.8 Å². The standard InChI is InChI=1S/C22H22ClN3S/c23-21-10-8-19(9-11-21)16-26(17-20-7-4-13-24-15-20)22(27)25-14-12-18-5-2-1-3-6-18/h1-11,13,15H,12,14,16-17H2,(H,25,27). The van der Waals surface area contributed by atoms with Crippen molar-refractivity contribution in [1.82, 2.24) is 15.2 Å². The molecule has 27 heavy (non-hydrogen) atoms. The SMILES string of the molecule is S=C(NCCc1ccccc1)N(Cc1ccc(Cl)cc1)Cc1cccnc1. The van der Waals surface area contributed by atoms with E-state index >= 15 is 0 Å². The van der Waals surface area contributed by atoms with Crippen LogP contribution in [0.1, 0.15) is 16.7 Å². The van der Waals surface area contributed by atoms with Gasteiger partial charge in [-0.15, -0.1) is 0 Å². The topological polar surface area (TPSA) is 28.2 Å². The van der Waals surface area contributed by atoms with E-state index < -0.39 is 0 Å². The molecule has 0 spiro atoms. The third-order valence-corrected chi connectivity index (χ3v) is 4.86. The number of pyridine rings is 1. The monoisotopic (exact) mass is 395 g/mol. The Hall–Kier alpha value is -2.43. The van der Waals surface area contributed by atoms with Crippen molar-refractivity contribution in [1.29, 1.82) is 0 Å². The van der Waals surface area contributed by atoms with Crippen LogP contribution in [0.5, 0.6) is 0 Å². The zero-order valence-corrected chi connectivity index (χ0v) is 16.6. The smallest absolute Gasteiger partial charge is 0.169 e. The molecule has 5 heteroatoms. The first-order chi connectivity index (χ1) is 13.2. The van der Waals surface area contributed by atoms with Crippen molar-refractivity contribution >= 4 is 28.9 Å². The Labute approximate surface area is 171 Å². The maximum absolute atomic E-state index is 6.01. The zero-order valence-electron chi connectivity index (χ0n) is 15.0. The van der Waals surface area contributed by atoms with Crippen LogP contribution < -0.4 is 5.32 Å². The second-order valence-electron chi connectivity index (χ2n) is 6.31. The molecule has 1 heterocycles. The number of hydrogen-bond acceptors (Lipinski definition) is 2. The number of nitrogens with one attached hydrogen (secondary N) is 1. The third-order valence-electron chi connectivity index (χ3n) is 4.20. The van der Waals surface area contributed by atoms with Crippen molar-refractivity contribution in [2.24, 2.45) is 0 Å². The van der Waals surface area contributed by atoms with Gasteiger partial charge >= 0.3 is 0 Å². The Bertz CT molecular complexity index is 838. The van der Waals surface area contributed by atoms with Crippen molar-refractivity contribution in [3.63, 3.8) is 0 Å². The molecule has 0 aliphatic heterocycles. The van der Waals surface area contributed by atoms with Gasteiger partial charge in [0.05, 0.1) is 0 Å². The summed E-state index contributed by atoms with van der Waals surface area (Å²) in [7, 11) is 0. The molecule has 1 aromatic heterocycles. The first-order valence-corrected chi connectivity index (χ1v) is 9.69. The predicted octanol–water partition coefficient (Wildman–Crippen LogP) is 4.85. The van der Waals surface area contributed by atoms with E-state index in [0.29, 0.717) is 13.1 Å². The average molecular weight is 396 g/mol. The molecule has 0 atom stereocenters. The van der Waals surface area contributed by atoms with Crippen LogP contribution in [-0.2, 0) is 19.5 Å². The number of rotatable bonds is 7. The minimum atomic E-state index is 0.702. The molecule has 0 saturated heterocycles. The Kier molecular flexibility index (Phi) is 7.19. The van der Waals surface area contributed by atoms with Gasteiger partial charge in [0.15, 0.2) is 5.11 Å². The largest absolute Gasteiger partial charge is 0.362 e. The molecule has 0 aliphatic rings. The Morgan fingerprint density at radius 3 is 2.30 bits per heavy atom. The van der Waals surface area contributed by atoms with Gasteiger partial charge in [0.25, 0.3) is 0 Å². The van der Waals surface area contributed by atoms with Gasteiger partial charge in [-0.2, -0.15) is 0 Å². The lowest BCUT2D eigenvalue weighted by Crippen LogP contribution is -2.39. The van der Waals surface area contributed by atoms with Gasteiger partial charge in [0, 0.05) is 37.1 Å². The van der Waals surface area contributed by atoms with Gasteiger partial charge in [-0.05, 0) is 53.5 Å². The summed E-state index contributed by atoms with van der Waals surface area (Å²) < 4.78 is 0. The van der Waals surface area contributed by atoms with E-state index in [1.807, 2.05) is 42.6 Å². The summed E-state index contributed by atoms with van der Waals surface area (Å²) in [4.78, 5) is 6.36. The lowest BCUT2D eigenvalue weighted by Gasteiger charge is -2.26. The van der Waals surface area contributed by atoms with Crippen LogP contribution in [-0.4, -0.2) is 21.5 Å². The van der Waals surface area contributed by atoms with Crippen LogP contribution >= 0.6 is 23.8 Å². The summed E-state index contributed by atoms with van der Waals surface area (Å²) in [5, 5.41) is 4.87. The van der Waals surface area contributed by atoms with Crippen LogP contribution in [0.3, 0.4) is 0 Å². The molecule has 0 bridgehead atoms. The quantitative estimate of drug-likeness (QED) is 0.578. The Morgan fingerprint density at radius 1 is 0.889 bits per heavy atom. The summed E-state index contributed by atoms with van der Waals surface area (Å²) in [6.07, 6.45) is 4.59. The van der Waals surface area contributed by atoms with Gasteiger partial charge in [-0.25, -0.2) is 0 Å². The molecule has 1 N–H and O–H groups in total. The fourth-order valence-electron chi connectivity index (χ4n) is 2.79. The van der Waals surface area contributed by atoms with E-state index in [0.717, 1.165) is 34.2 Å². The molecule has 138 valence electrons. The summed E-state index contributed by atoms with van der Waals surface area (Å²) in [6, 6.07) is 22.3. The average Bonchev–Trinajstić information content (AvgIpc) is 2.70. The highest BCUT2D eigenvalue weighted by Gasteiger charge is 2.11. The number of aromatic nitrogens is 1. The molecule has 3 aromatic rings. The Balaban J connectivity index is 1.64. The number of halogens is 1. The van der Waals surface area contributed by atoms with Crippen LogP contribution in [0, 0.1) is 0 Å². The molecule has 3 nitrogen and oxygen atoms in total. The van der Waals surface area contributed by atoms with Crippen molar-refractivity contribution in [3.05, 3.63) is 101 Å². The molecule has 0 radical (unpaired) electrons. The van der Waals surface area contributed by atoms with Crippen molar-refractivity contribution in [2.75, 3.05) is 6.54 Å². The normalized spacial score (nSPS) is 10.4. The van der Waals surface area contributed by atoms with Gasteiger partial charge in [-0.3, -0.25) is 4.98 Å². The highest BCUT2D eigenvalue weighted by atomic mass is 35.5. The predicted molar refractivity (Wildman–Crippen MR) is 116 cm³/mol. The maximum Gasteiger partial charge on any atom is 0.169 e. The van der Waals surface area contributed by atoms with Crippen LogP contribution in [0.2, 0.25) is 5.02 Å². The van der Waals surface area contributed by atoms with Gasteiger partial charge < -0.3 is 10.2 Å². The lowest BCUT2D eigenvalue weighted by atomic mass is 10.1. The molecule has 3 rings (SSSR count). The van der Waals surface area contributed by atoms with E-state index in [2.05, 4.69) is 45.5 Å². The molecule has 0 unspecified atom stereocenters. The number of hydrogen-bond donors (Lipinski definition) is 1. The molecule has 0 saturated carbocycles. The van der Waals surface area contributed by atoms with Gasteiger partial charge in [0.1, 0.15) is 0 Å². The molecule has 0 aliphatic carbocycles. The van der Waals surface area contributed by atoms with E-state index in [1.165, 1.54) is 5.56 Å². The number of nitrogens with zero attached hydrogens (tertiary/aromatic N) is 2. The van der Waals surface area contributed by atoms with E-state index in [9.17, 15) is 0 Å². The maximum atomic E-state index is 6.01. The van der Waals surface area contributed by atoms with Crippen molar-refractivity contribution in [2.45, 2.75) is 19.5 Å². The van der Waals surface area contributed by atoms with Gasteiger partial charge in [-0.1, -0.05) is 60.1 Å². The molecule has 0 amide bonds. The van der Waals surface area contributed by atoms with Crippen LogP contribution in [0.4, 0.5) is 0 Å². The minimum absolute atomic E-state index is 0.702. The van der Waals surface area contributed by atoms with Gasteiger partial charge in [0.2, 0.25) is 0 Å². The van der Waals surface area contributed by atoms with Crippen LogP contribution in [0.25, 0.3) is 0 Å². The molecular formula is C22H22ClN3S. The second-order valence-corrected chi connectivity index (χ2v) is 7.13. The summed E-state index contributed by atoms with van der Waals surface area (Å²) in [5.74, 6) is 0. The lowest BCUT2D eigenvalue weighted by molar-refractivity contribution is 0.399. The molecular weight excluding hydrogens is 374 g/mol. The highest BCUT2D eigenvalue weighted by molar-refractivity contribution is 7.80. The van der Waals surface area contributed by atoms with E-state index in [-0.39, 0.29) is 0 Å². The third kappa shape index (κ3) is 6.35. The molecule has 2 aromatic carbocycles. The summed E-state index contributed by atoms with van der Waals surface area (Å²) >= 11 is 11.7. The van der Waals surface area contributed by atoms with Crippen molar-refractivity contribution in [3.8, 4) is 0 Å². The molecule has 0 fully saturated rings. The Morgan fingerprint density at radius 2 is 1.59 bits per heavy atom. The fraction of sp³-hybridized carbons (Fsp3) is 0.182. The van der Waals surface area contributed by atoms with Crippen molar-refractivity contribution < 1.29 is 0 Å². The first kappa shape index (κ1) is 19.3. The second kappa shape index (κ2) is 10.0. The summed E-state index contributed by atoms with van der Waals surface area (Å²) in [6.45, 7) is 2.21. The minimum Gasteiger partial charge on any atom is -0.362 e. The number of thiocarbonyl (C=S) groups is 1. The first-order valence-electron chi connectivity index (χ1n) is 8.91. The van der Waals surface area contributed by atoms with E-state index in [1.54, 1.807) is 6.20 Å². The summed E-state index contributed by atoms with van der Waals surface area (Å²) in [5.41, 5.74) is 3.58. The van der Waals surface area contributed by atoms with Crippen LogP contribution in [0.15, 0.2) is 79.1 Å². The highest BCUT2D eigenvalue weighted by Crippen LogP contribution is 2.14. The fourth-order valence-corrected chi connectivity index (χ4v) is 3.15.